The number of piperazine rings is 2. The molecule has 4 N–H and O–H groups in total. The van der Waals surface area contributed by atoms with Crippen molar-refractivity contribution in [2.45, 2.75) is 61.9 Å². The molecule has 4 amide bonds. The van der Waals surface area contributed by atoms with E-state index in [9.17, 15) is 29.4 Å². The van der Waals surface area contributed by atoms with Crippen molar-refractivity contribution < 1.29 is 29.4 Å². The van der Waals surface area contributed by atoms with Gasteiger partial charge in [0.15, 0.2) is 9.74 Å². The number of amides is 4. The Labute approximate surface area is 285 Å². The molecule has 12 rings (SSSR count). The molecule has 8 fully saturated rings. The first-order valence-corrected chi connectivity index (χ1v) is 19.7. The van der Waals surface area contributed by atoms with Gasteiger partial charge in [0.05, 0.1) is 13.2 Å². The van der Waals surface area contributed by atoms with Gasteiger partial charge < -0.3 is 30.6 Å². The zero-order chi connectivity index (χ0) is 32.5. The van der Waals surface area contributed by atoms with Gasteiger partial charge in [0.1, 0.15) is 12.3 Å². The quantitative estimate of drug-likeness (QED) is 0.343. The number of carbonyl (C=O) groups excluding carboxylic acids is 4. The molecule has 2 aromatic carbocycles. The zero-order valence-corrected chi connectivity index (χ0v) is 28.5. The number of nitrogens with one attached hydrogen (secondary N) is 2. The average molecular weight is 711 g/mol. The Hall–Kier alpha value is -2.76. The molecule has 2 spiro atoms. The highest BCUT2D eigenvalue weighted by Gasteiger charge is 2.82. The standard InChI is InChI=1S/C31H30N6O6S4/c1-34-22(40)28-12-26(16-7-3-5-9-18(16)32-20(26)36(28)24(42)30(34,14-38)46-44-28)11-27-13-29-23(41)35(2)31(15-39,47-45-29)25(43)37(29)21(27)33-19-10-6-4-8-17(19)27/h3-10,20-21,32-33,38-39H,11-15H2,1-2H3/t20-,21-,26-,27+,28+,29+,30+,31+/m1/s1. The number of para-hydroxylation sites is 2. The number of hydrogen-bond donors (Lipinski definition) is 4. The van der Waals surface area contributed by atoms with Crippen molar-refractivity contribution in [3.05, 3.63) is 59.7 Å². The summed E-state index contributed by atoms with van der Waals surface area (Å²) in [4.78, 5) is 58.7. The van der Waals surface area contributed by atoms with E-state index in [1.165, 1.54) is 53.0 Å². The van der Waals surface area contributed by atoms with E-state index in [1.807, 2.05) is 36.4 Å². The molecule has 8 saturated heterocycles. The van der Waals surface area contributed by atoms with Crippen LogP contribution in [-0.2, 0) is 30.0 Å². The summed E-state index contributed by atoms with van der Waals surface area (Å²) in [6, 6.07) is 15.9. The predicted molar refractivity (Wildman–Crippen MR) is 180 cm³/mol. The van der Waals surface area contributed by atoms with Gasteiger partial charge in [0.2, 0.25) is 9.74 Å². The van der Waals surface area contributed by atoms with Crippen LogP contribution in [0.2, 0.25) is 0 Å². The molecule has 10 aliphatic heterocycles. The molecule has 47 heavy (non-hydrogen) atoms. The number of carbonyl (C=O) groups is 4. The molecule has 12 nitrogen and oxygen atoms in total. The molecule has 16 heteroatoms. The lowest BCUT2D eigenvalue weighted by Gasteiger charge is -2.57. The highest BCUT2D eigenvalue weighted by Crippen LogP contribution is 2.74. The minimum absolute atomic E-state index is 0.216. The van der Waals surface area contributed by atoms with Gasteiger partial charge in [-0.2, -0.15) is 0 Å². The summed E-state index contributed by atoms with van der Waals surface area (Å²) >= 11 is 0. The van der Waals surface area contributed by atoms with Gasteiger partial charge in [-0.15, -0.1) is 0 Å². The van der Waals surface area contributed by atoms with Crippen LogP contribution in [0.15, 0.2) is 48.5 Å². The van der Waals surface area contributed by atoms with Crippen LogP contribution < -0.4 is 10.6 Å². The highest BCUT2D eigenvalue weighted by atomic mass is 33.1. The molecule has 4 bridgehead atoms. The maximum atomic E-state index is 14.5. The van der Waals surface area contributed by atoms with E-state index in [0.29, 0.717) is 19.3 Å². The third-order valence-corrected chi connectivity index (χ3v) is 19.4. The van der Waals surface area contributed by atoms with Gasteiger partial charge in [-0.05, 0) is 51.3 Å². The van der Waals surface area contributed by atoms with Crippen molar-refractivity contribution >= 4 is 78.2 Å². The molecule has 2 aromatic rings. The topological polar surface area (TPSA) is 146 Å². The molecule has 0 saturated carbocycles. The zero-order valence-electron chi connectivity index (χ0n) is 25.3. The summed E-state index contributed by atoms with van der Waals surface area (Å²) in [5.74, 6) is -1.04. The van der Waals surface area contributed by atoms with Crippen LogP contribution in [0.3, 0.4) is 0 Å². The van der Waals surface area contributed by atoms with Gasteiger partial charge in [0.25, 0.3) is 23.6 Å². The van der Waals surface area contributed by atoms with E-state index < -0.39 is 55.9 Å². The summed E-state index contributed by atoms with van der Waals surface area (Å²) in [5.41, 5.74) is 2.09. The van der Waals surface area contributed by atoms with Crippen molar-refractivity contribution in [1.82, 2.24) is 19.6 Å². The van der Waals surface area contributed by atoms with Crippen LogP contribution in [0, 0.1) is 0 Å². The van der Waals surface area contributed by atoms with E-state index in [2.05, 4.69) is 22.8 Å². The monoisotopic (exact) mass is 710 g/mol. The SMILES string of the molecule is CN1C(=O)[C@@]23C[C@@]4(C[C@]56C[C@@]78SS[C@@](CO)(C(=O)N7[C@H]5Nc5ccccc56)N(C)C8=O)c5ccccc5N[C@@H]4N2C(=O)[C@]1(CO)SS3. The van der Waals surface area contributed by atoms with E-state index >= 15 is 0 Å². The number of nitrogens with zero attached hydrogens (tertiary/aromatic N) is 4. The van der Waals surface area contributed by atoms with E-state index in [4.69, 9.17) is 0 Å². The Bertz CT molecular complexity index is 1760. The number of fused-ring (bicyclic) bond motifs is 10. The molecule has 8 atom stereocenters. The fourth-order valence-corrected chi connectivity index (χ4v) is 17.3. The molecule has 10 heterocycles. The molecule has 244 valence electrons. The Morgan fingerprint density at radius 1 is 0.660 bits per heavy atom. The van der Waals surface area contributed by atoms with Crippen LogP contribution in [0.25, 0.3) is 0 Å². The number of likely N-dealkylation sites (N-methyl/N-ethyl adjacent to an activating group) is 2. The maximum absolute atomic E-state index is 14.5. The van der Waals surface area contributed by atoms with Crippen LogP contribution in [-0.4, -0.2) is 113 Å². The number of anilines is 2. The lowest BCUT2D eigenvalue weighted by atomic mass is 9.62. The third-order valence-electron chi connectivity index (χ3n) is 12.1. The predicted octanol–water partition coefficient (Wildman–Crippen LogP) is 1.72. The average Bonchev–Trinajstić information content (AvgIpc) is 3.73. The lowest BCUT2D eigenvalue weighted by molar-refractivity contribution is -0.166. The summed E-state index contributed by atoms with van der Waals surface area (Å²) < 4.78 is 0. The first-order valence-electron chi connectivity index (χ1n) is 15.4. The molecular weight excluding hydrogens is 681 g/mol. The molecule has 0 radical (unpaired) electrons. The highest BCUT2D eigenvalue weighted by molar-refractivity contribution is 8.78. The Balaban J connectivity index is 1.20. The fraction of sp³-hybridized carbons (Fsp3) is 0.484. The summed E-state index contributed by atoms with van der Waals surface area (Å²) in [6.07, 6.45) is -0.173. The van der Waals surface area contributed by atoms with Gasteiger partial charge in [-0.3, -0.25) is 29.0 Å². The second kappa shape index (κ2) is 8.69. The third kappa shape index (κ3) is 2.83. The number of hydrogen-bond acceptors (Lipinski definition) is 12. The van der Waals surface area contributed by atoms with Crippen LogP contribution in [0.4, 0.5) is 11.4 Å². The molecular formula is C31H30N6O6S4. The van der Waals surface area contributed by atoms with Gasteiger partial charge >= 0.3 is 0 Å². The van der Waals surface area contributed by atoms with Gasteiger partial charge in [-0.25, -0.2) is 0 Å². The first-order chi connectivity index (χ1) is 22.5. The largest absolute Gasteiger partial charge is 0.392 e. The Kier molecular flexibility index (Phi) is 5.39. The second-order valence-corrected chi connectivity index (χ2v) is 19.3. The fourth-order valence-electron chi connectivity index (χ4n) is 9.98. The Morgan fingerprint density at radius 3 is 1.47 bits per heavy atom. The van der Waals surface area contributed by atoms with Crippen LogP contribution in [0.1, 0.15) is 30.4 Å². The minimum atomic E-state index is -1.43. The van der Waals surface area contributed by atoms with Crippen molar-refractivity contribution in [2.24, 2.45) is 0 Å². The normalized spacial score (nSPS) is 43.1. The Morgan fingerprint density at radius 2 is 1.06 bits per heavy atom. The smallest absolute Gasteiger partial charge is 0.265 e. The number of rotatable bonds is 4. The van der Waals surface area contributed by atoms with E-state index in [1.54, 1.807) is 23.9 Å². The molecule has 10 aliphatic rings. The van der Waals surface area contributed by atoms with Crippen molar-refractivity contribution in [3.8, 4) is 0 Å². The summed E-state index contributed by atoms with van der Waals surface area (Å²) in [5, 5.41) is 28.4. The number of benzene rings is 2. The van der Waals surface area contributed by atoms with Crippen molar-refractivity contribution in [2.75, 3.05) is 37.9 Å². The summed E-state index contributed by atoms with van der Waals surface area (Å²) in [7, 11) is 8.41. The van der Waals surface area contributed by atoms with Crippen LogP contribution >= 0.6 is 43.2 Å². The van der Waals surface area contributed by atoms with E-state index in [-0.39, 0.29) is 23.6 Å². The number of aliphatic hydroxyl groups is 2. The minimum Gasteiger partial charge on any atom is -0.392 e. The lowest BCUT2D eigenvalue weighted by Crippen LogP contribution is -2.77. The maximum Gasteiger partial charge on any atom is 0.265 e. The molecule has 0 aliphatic carbocycles. The first kappa shape index (κ1) is 29.2. The molecule has 0 unspecified atom stereocenters. The van der Waals surface area contributed by atoms with Crippen LogP contribution in [0.5, 0.6) is 0 Å². The number of aliphatic hydroxyl groups excluding tert-OH is 2. The van der Waals surface area contributed by atoms with Gasteiger partial charge in [-0.1, -0.05) is 58.0 Å². The molecule has 0 aromatic heterocycles. The second-order valence-electron chi connectivity index (χ2n) is 13.9. The van der Waals surface area contributed by atoms with Crippen molar-refractivity contribution in [1.29, 1.82) is 0 Å². The van der Waals surface area contributed by atoms with Crippen molar-refractivity contribution in [3.63, 3.8) is 0 Å². The van der Waals surface area contributed by atoms with E-state index in [0.717, 1.165) is 22.5 Å². The van der Waals surface area contributed by atoms with Gasteiger partial charge in [0, 0.05) is 49.1 Å². The summed E-state index contributed by atoms with van der Waals surface area (Å²) in [6.45, 7) is -1.02.